The molecule has 3 heteroatoms. The molecule has 0 atom stereocenters. The van der Waals surface area contributed by atoms with Crippen LogP contribution < -0.4 is 0 Å². The van der Waals surface area contributed by atoms with E-state index >= 15 is 0 Å². The van der Waals surface area contributed by atoms with Crippen molar-refractivity contribution in [1.82, 2.24) is 4.98 Å². The maximum absolute atomic E-state index is 5.04. The Morgan fingerprint density at radius 1 is 1.82 bits per heavy atom. The van der Waals surface area contributed by atoms with E-state index in [0.29, 0.717) is 0 Å². The molecular weight excluding hydrogens is 158 g/mol. The summed E-state index contributed by atoms with van der Waals surface area (Å²) in [6.45, 7) is 5.98. The topological polar surface area (TPSA) is 26.0 Å². The van der Waals surface area contributed by atoms with Crippen LogP contribution in [-0.4, -0.2) is 10.7 Å². The largest absolute Gasteiger partial charge is 0.440 e. The normalized spacial score (nSPS) is 9.91. The molecular formula is C8H11NOS. The summed E-state index contributed by atoms with van der Waals surface area (Å²) in [7, 11) is 0. The summed E-state index contributed by atoms with van der Waals surface area (Å²) < 4.78 is 5.04. The molecule has 0 radical (unpaired) electrons. The van der Waals surface area contributed by atoms with Crippen molar-refractivity contribution in [3.8, 4) is 0 Å². The standard InChI is InChI=1S/C8H11NOS/c1-3-7(2)6-11-8-9-4-5-10-8/h4-5H,2-3,6H2,1H3. The Morgan fingerprint density at radius 2 is 2.64 bits per heavy atom. The van der Waals surface area contributed by atoms with Crippen LogP contribution in [0.3, 0.4) is 0 Å². The molecule has 1 aromatic heterocycles. The molecule has 1 rings (SSSR count). The number of hydrogen-bond donors (Lipinski definition) is 0. The second kappa shape index (κ2) is 4.23. The Bertz CT molecular complexity index is 218. The lowest BCUT2D eigenvalue weighted by atomic mass is 10.3. The molecule has 60 valence electrons. The number of thioether (sulfide) groups is 1. The van der Waals surface area contributed by atoms with Gasteiger partial charge in [0.25, 0.3) is 5.22 Å². The van der Waals surface area contributed by atoms with Gasteiger partial charge in [-0.1, -0.05) is 30.8 Å². The molecule has 0 aliphatic rings. The molecule has 0 unspecified atom stereocenters. The van der Waals surface area contributed by atoms with Gasteiger partial charge in [-0.15, -0.1) is 0 Å². The Kier molecular flexibility index (Phi) is 3.23. The SMILES string of the molecule is C=C(CC)CSc1ncco1. The zero-order chi connectivity index (χ0) is 8.10. The van der Waals surface area contributed by atoms with Crippen molar-refractivity contribution in [2.75, 3.05) is 5.75 Å². The fourth-order valence-corrected chi connectivity index (χ4v) is 1.34. The molecule has 1 aromatic rings. The number of hydrogen-bond acceptors (Lipinski definition) is 3. The van der Waals surface area contributed by atoms with Crippen molar-refractivity contribution >= 4 is 11.8 Å². The first-order valence-corrected chi connectivity index (χ1v) is 4.50. The molecule has 0 aromatic carbocycles. The third kappa shape index (κ3) is 2.80. The van der Waals surface area contributed by atoms with Crippen LogP contribution in [0, 0.1) is 0 Å². The lowest BCUT2D eigenvalue weighted by Crippen LogP contribution is -1.82. The molecule has 0 amide bonds. The first kappa shape index (κ1) is 8.40. The van der Waals surface area contributed by atoms with E-state index < -0.39 is 0 Å². The summed E-state index contributed by atoms with van der Waals surface area (Å²) in [6, 6.07) is 0. The van der Waals surface area contributed by atoms with Gasteiger partial charge in [0.2, 0.25) is 0 Å². The minimum Gasteiger partial charge on any atom is -0.440 e. The molecule has 11 heavy (non-hydrogen) atoms. The highest BCUT2D eigenvalue weighted by atomic mass is 32.2. The molecule has 0 bridgehead atoms. The Labute approximate surface area is 70.7 Å². The minimum absolute atomic E-state index is 0.722. The van der Waals surface area contributed by atoms with Crippen LogP contribution in [0.2, 0.25) is 0 Å². The van der Waals surface area contributed by atoms with E-state index in [2.05, 4.69) is 18.5 Å². The molecule has 2 nitrogen and oxygen atoms in total. The van der Waals surface area contributed by atoms with Gasteiger partial charge in [-0.05, 0) is 6.42 Å². The molecule has 0 spiro atoms. The third-order valence-electron chi connectivity index (χ3n) is 1.31. The second-order valence-corrected chi connectivity index (χ2v) is 3.12. The van der Waals surface area contributed by atoms with Gasteiger partial charge < -0.3 is 4.42 Å². The average Bonchev–Trinajstić information content (AvgIpc) is 2.52. The summed E-state index contributed by atoms with van der Waals surface area (Å²) in [6.07, 6.45) is 4.25. The van der Waals surface area contributed by atoms with Gasteiger partial charge in [0, 0.05) is 5.75 Å². The maximum Gasteiger partial charge on any atom is 0.255 e. The van der Waals surface area contributed by atoms with E-state index in [1.54, 1.807) is 24.2 Å². The highest BCUT2D eigenvalue weighted by molar-refractivity contribution is 7.99. The summed E-state index contributed by atoms with van der Waals surface area (Å²) in [5, 5.41) is 0.722. The van der Waals surface area contributed by atoms with Crippen LogP contribution in [-0.2, 0) is 0 Å². The van der Waals surface area contributed by atoms with Gasteiger partial charge in [-0.3, -0.25) is 0 Å². The zero-order valence-electron chi connectivity index (χ0n) is 6.54. The third-order valence-corrected chi connectivity index (χ3v) is 2.31. The smallest absolute Gasteiger partial charge is 0.255 e. The lowest BCUT2D eigenvalue weighted by molar-refractivity contribution is 0.454. The maximum atomic E-state index is 5.04. The van der Waals surface area contributed by atoms with E-state index in [1.165, 1.54) is 5.57 Å². The van der Waals surface area contributed by atoms with E-state index in [4.69, 9.17) is 4.42 Å². The van der Waals surface area contributed by atoms with Crippen LogP contribution in [0.15, 0.2) is 34.3 Å². The Balaban J connectivity index is 2.29. The molecule has 1 heterocycles. The second-order valence-electron chi connectivity index (χ2n) is 2.19. The Morgan fingerprint density at radius 3 is 3.18 bits per heavy atom. The average molecular weight is 169 g/mol. The molecule has 0 saturated heterocycles. The first-order valence-electron chi connectivity index (χ1n) is 3.52. The van der Waals surface area contributed by atoms with Gasteiger partial charge in [0.05, 0.1) is 6.20 Å². The van der Waals surface area contributed by atoms with Gasteiger partial charge in [0.1, 0.15) is 6.26 Å². The lowest BCUT2D eigenvalue weighted by Gasteiger charge is -1.96. The molecule has 0 saturated carbocycles. The number of rotatable bonds is 4. The van der Waals surface area contributed by atoms with Crippen LogP contribution in [0.5, 0.6) is 0 Å². The molecule has 0 aliphatic heterocycles. The van der Waals surface area contributed by atoms with Crippen LogP contribution in [0.25, 0.3) is 0 Å². The summed E-state index contributed by atoms with van der Waals surface area (Å²) in [5.41, 5.74) is 1.22. The van der Waals surface area contributed by atoms with E-state index in [1.807, 2.05) is 0 Å². The van der Waals surface area contributed by atoms with Crippen molar-refractivity contribution in [3.05, 3.63) is 24.6 Å². The number of oxazole rings is 1. The predicted octanol–water partition coefficient (Wildman–Crippen LogP) is 2.73. The van der Waals surface area contributed by atoms with Gasteiger partial charge in [-0.25, -0.2) is 4.98 Å². The van der Waals surface area contributed by atoms with Crippen molar-refractivity contribution in [2.45, 2.75) is 18.6 Å². The number of nitrogens with zero attached hydrogens (tertiary/aromatic N) is 1. The molecule has 0 aliphatic carbocycles. The first-order chi connectivity index (χ1) is 5.33. The fraction of sp³-hybridized carbons (Fsp3) is 0.375. The van der Waals surface area contributed by atoms with Gasteiger partial charge >= 0.3 is 0 Å². The van der Waals surface area contributed by atoms with Crippen molar-refractivity contribution in [1.29, 1.82) is 0 Å². The van der Waals surface area contributed by atoms with Crippen LogP contribution in [0.4, 0.5) is 0 Å². The van der Waals surface area contributed by atoms with Gasteiger partial charge in [0.15, 0.2) is 0 Å². The van der Waals surface area contributed by atoms with Crippen LogP contribution >= 0.6 is 11.8 Å². The van der Waals surface area contributed by atoms with E-state index in [-0.39, 0.29) is 0 Å². The fourth-order valence-electron chi connectivity index (χ4n) is 0.548. The van der Waals surface area contributed by atoms with Crippen molar-refractivity contribution in [3.63, 3.8) is 0 Å². The monoisotopic (exact) mass is 169 g/mol. The van der Waals surface area contributed by atoms with Crippen molar-refractivity contribution in [2.24, 2.45) is 0 Å². The minimum atomic E-state index is 0.722. The highest BCUT2D eigenvalue weighted by Gasteiger charge is 1.98. The quantitative estimate of drug-likeness (QED) is 0.512. The van der Waals surface area contributed by atoms with Crippen molar-refractivity contribution < 1.29 is 4.42 Å². The van der Waals surface area contributed by atoms with Crippen LogP contribution in [0.1, 0.15) is 13.3 Å². The van der Waals surface area contributed by atoms with E-state index in [0.717, 1.165) is 17.4 Å². The predicted molar refractivity (Wildman–Crippen MR) is 46.7 cm³/mol. The summed E-state index contributed by atoms with van der Waals surface area (Å²) in [4.78, 5) is 3.98. The molecule has 0 N–H and O–H groups in total. The summed E-state index contributed by atoms with van der Waals surface area (Å²) in [5.74, 6) is 0.900. The van der Waals surface area contributed by atoms with Gasteiger partial charge in [-0.2, -0.15) is 0 Å². The molecule has 0 fully saturated rings. The number of aromatic nitrogens is 1. The Hall–Kier alpha value is -0.700. The van der Waals surface area contributed by atoms with E-state index in [9.17, 15) is 0 Å². The zero-order valence-corrected chi connectivity index (χ0v) is 7.36. The highest BCUT2D eigenvalue weighted by Crippen LogP contribution is 2.18. The summed E-state index contributed by atoms with van der Waals surface area (Å²) >= 11 is 1.58.